The smallest absolute Gasteiger partial charge is 0.344 e. The number of benzene rings is 1. The molecular formula is C14H16N2O5S2. The molecule has 0 aliphatic carbocycles. The molecule has 0 aromatic heterocycles. The Bertz CT molecular complexity index is 590. The molecule has 0 unspecified atom stereocenters. The Morgan fingerprint density at radius 3 is 2.57 bits per heavy atom. The molecule has 9 heteroatoms. The van der Waals surface area contributed by atoms with Gasteiger partial charge in [-0.1, -0.05) is 18.2 Å². The average molecular weight is 356 g/mol. The summed E-state index contributed by atoms with van der Waals surface area (Å²) in [6.07, 6.45) is 0. The van der Waals surface area contributed by atoms with Crippen LogP contribution in [0, 0.1) is 0 Å². The van der Waals surface area contributed by atoms with Gasteiger partial charge in [0.15, 0.2) is 13.2 Å². The fourth-order valence-corrected chi connectivity index (χ4v) is 4.75. The van der Waals surface area contributed by atoms with Crippen LogP contribution in [-0.2, 0) is 14.3 Å². The van der Waals surface area contributed by atoms with Gasteiger partial charge in [-0.05, 0) is 6.07 Å². The van der Waals surface area contributed by atoms with Crippen molar-refractivity contribution < 1.29 is 23.9 Å². The van der Waals surface area contributed by atoms with Crippen molar-refractivity contribution in [2.24, 2.45) is 5.73 Å². The lowest BCUT2D eigenvalue weighted by Gasteiger charge is -2.14. The van der Waals surface area contributed by atoms with Gasteiger partial charge in [0.25, 0.3) is 5.91 Å². The van der Waals surface area contributed by atoms with Crippen LogP contribution in [0.3, 0.4) is 0 Å². The van der Waals surface area contributed by atoms with Crippen LogP contribution in [0.2, 0.25) is 0 Å². The molecule has 3 N–H and O–H groups in total. The normalized spacial score (nSPS) is 14.3. The van der Waals surface area contributed by atoms with E-state index in [-0.39, 0.29) is 6.61 Å². The Balaban J connectivity index is 1.82. The van der Waals surface area contributed by atoms with E-state index in [1.165, 1.54) is 0 Å². The van der Waals surface area contributed by atoms with E-state index in [9.17, 15) is 14.4 Å². The second kappa shape index (κ2) is 8.68. The summed E-state index contributed by atoms with van der Waals surface area (Å²) in [5.74, 6) is 1.30. The first-order chi connectivity index (χ1) is 11.1. The zero-order valence-electron chi connectivity index (χ0n) is 12.2. The fraction of sp³-hybridized carbons (Fsp3) is 0.357. The molecule has 23 heavy (non-hydrogen) atoms. The van der Waals surface area contributed by atoms with E-state index in [1.54, 1.807) is 11.4 Å². The third-order valence-corrected chi connectivity index (χ3v) is 5.84. The van der Waals surface area contributed by atoms with Gasteiger partial charge in [-0.2, -0.15) is 0 Å². The van der Waals surface area contributed by atoms with Crippen LogP contribution in [0.4, 0.5) is 4.79 Å². The average Bonchev–Trinajstić information content (AvgIpc) is 3.05. The van der Waals surface area contributed by atoms with Gasteiger partial charge < -0.3 is 15.2 Å². The maximum Gasteiger partial charge on any atom is 0.344 e. The predicted octanol–water partition coefficient (Wildman–Crippen LogP) is 1.28. The first-order valence-corrected chi connectivity index (χ1v) is 8.86. The molecule has 1 aromatic carbocycles. The van der Waals surface area contributed by atoms with Crippen molar-refractivity contribution in [2.45, 2.75) is 4.58 Å². The van der Waals surface area contributed by atoms with Crippen LogP contribution in [0.1, 0.15) is 10.1 Å². The monoisotopic (exact) mass is 356 g/mol. The van der Waals surface area contributed by atoms with Gasteiger partial charge in [0, 0.05) is 17.1 Å². The van der Waals surface area contributed by atoms with Crippen LogP contribution in [0.15, 0.2) is 24.3 Å². The third-order valence-electron chi connectivity index (χ3n) is 2.77. The largest absolute Gasteiger partial charge is 0.482 e. The molecule has 0 spiro atoms. The molecule has 1 fully saturated rings. The zero-order chi connectivity index (χ0) is 16.7. The number of nitrogens with two attached hydrogens (primary N) is 1. The standard InChI is InChI=1S/C14H16N2O5S2/c15-14(19)16-11(17)7-21-12(18)8-20-10-4-2-1-3-9(10)13-22-5-6-23-13/h1-4,13H,5-8H2,(H3,15,16,17,19). The molecule has 124 valence electrons. The van der Waals surface area contributed by atoms with E-state index < -0.39 is 24.5 Å². The topological polar surface area (TPSA) is 108 Å². The second-order valence-corrected chi connectivity index (χ2v) is 7.20. The molecule has 3 amide bonds. The molecule has 1 aliphatic heterocycles. The van der Waals surface area contributed by atoms with E-state index in [1.807, 2.05) is 41.7 Å². The number of esters is 1. The summed E-state index contributed by atoms with van der Waals surface area (Å²) in [4.78, 5) is 33.2. The molecule has 1 heterocycles. The molecule has 1 aromatic rings. The number of urea groups is 1. The van der Waals surface area contributed by atoms with Crippen LogP contribution in [-0.4, -0.2) is 42.6 Å². The van der Waals surface area contributed by atoms with E-state index in [2.05, 4.69) is 0 Å². The Hall–Kier alpha value is -1.87. The fourth-order valence-electron chi connectivity index (χ4n) is 1.84. The Morgan fingerprint density at radius 2 is 1.87 bits per heavy atom. The van der Waals surface area contributed by atoms with Crippen molar-refractivity contribution in [1.82, 2.24) is 5.32 Å². The number of para-hydroxylation sites is 1. The first kappa shape index (κ1) is 17.5. The van der Waals surface area contributed by atoms with Crippen molar-refractivity contribution in [2.75, 3.05) is 24.7 Å². The number of hydrogen-bond donors (Lipinski definition) is 2. The summed E-state index contributed by atoms with van der Waals surface area (Å²) in [6.45, 7) is -0.899. The molecule has 1 saturated heterocycles. The van der Waals surface area contributed by atoms with Crippen molar-refractivity contribution >= 4 is 41.4 Å². The Kier molecular flexibility index (Phi) is 6.60. The lowest BCUT2D eigenvalue weighted by molar-refractivity contribution is -0.150. The molecule has 0 radical (unpaired) electrons. The summed E-state index contributed by atoms with van der Waals surface area (Å²) in [6, 6.07) is 6.52. The molecule has 0 saturated carbocycles. The number of carbonyl (C=O) groups excluding carboxylic acids is 3. The van der Waals surface area contributed by atoms with Crippen LogP contribution >= 0.6 is 23.5 Å². The van der Waals surface area contributed by atoms with E-state index in [4.69, 9.17) is 15.2 Å². The SMILES string of the molecule is NC(=O)NC(=O)COC(=O)COc1ccccc1C1SCCS1. The van der Waals surface area contributed by atoms with Crippen LogP contribution < -0.4 is 15.8 Å². The number of primary amides is 1. The van der Waals surface area contributed by atoms with Crippen molar-refractivity contribution in [3.05, 3.63) is 29.8 Å². The number of amides is 3. The molecule has 7 nitrogen and oxygen atoms in total. The van der Waals surface area contributed by atoms with Crippen molar-refractivity contribution in [3.63, 3.8) is 0 Å². The molecule has 2 rings (SSSR count). The number of hydrogen-bond acceptors (Lipinski definition) is 7. The van der Waals surface area contributed by atoms with Crippen molar-refractivity contribution in [3.8, 4) is 5.75 Å². The number of ether oxygens (including phenoxy) is 2. The van der Waals surface area contributed by atoms with Crippen LogP contribution in [0.25, 0.3) is 0 Å². The highest BCUT2D eigenvalue weighted by molar-refractivity contribution is 8.19. The number of thioether (sulfide) groups is 2. The Morgan fingerprint density at radius 1 is 1.17 bits per heavy atom. The number of carbonyl (C=O) groups is 3. The number of rotatable bonds is 6. The zero-order valence-corrected chi connectivity index (χ0v) is 13.8. The third kappa shape index (κ3) is 5.68. The molecule has 1 aliphatic rings. The van der Waals surface area contributed by atoms with Gasteiger partial charge in [-0.3, -0.25) is 10.1 Å². The van der Waals surface area contributed by atoms with Crippen LogP contribution in [0.5, 0.6) is 5.75 Å². The highest BCUT2D eigenvalue weighted by atomic mass is 32.2. The van der Waals surface area contributed by atoms with Gasteiger partial charge in [0.05, 0.1) is 4.58 Å². The lowest BCUT2D eigenvalue weighted by Crippen LogP contribution is -2.38. The second-order valence-electron chi connectivity index (χ2n) is 4.47. The van der Waals surface area contributed by atoms with E-state index in [0.717, 1.165) is 17.1 Å². The summed E-state index contributed by atoms with van der Waals surface area (Å²) < 4.78 is 10.5. The van der Waals surface area contributed by atoms with Gasteiger partial charge in [-0.15, -0.1) is 23.5 Å². The highest BCUT2D eigenvalue weighted by Crippen LogP contribution is 2.48. The molecule has 0 bridgehead atoms. The minimum Gasteiger partial charge on any atom is -0.482 e. The number of nitrogens with one attached hydrogen (secondary N) is 1. The van der Waals surface area contributed by atoms with Gasteiger partial charge >= 0.3 is 12.0 Å². The quantitative estimate of drug-likeness (QED) is 0.739. The summed E-state index contributed by atoms with van der Waals surface area (Å²) in [5.41, 5.74) is 5.80. The minimum absolute atomic E-state index is 0.295. The van der Waals surface area contributed by atoms with Gasteiger partial charge in [0.1, 0.15) is 5.75 Å². The van der Waals surface area contributed by atoms with Gasteiger partial charge in [-0.25, -0.2) is 9.59 Å². The maximum atomic E-state index is 11.6. The molecule has 0 atom stereocenters. The minimum atomic E-state index is -0.997. The van der Waals surface area contributed by atoms with Gasteiger partial charge in [0.2, 0.25) is 0 Å². The first-order valence-electron chi connectivity index (χ1n) is 6.76. The predicted molar refractivity (Wildman–Crippen MR) is 88.3 cm³/mol. The Labute approximate surface area is 141 Å². The summed E-state index contributed by atoms with van der Waals surface area (Å²) in [7, 11) is 0. The summed E-state index contributed by atoms with van der Waals surface area (Å²) >= 11 is 3.67. The lowest BCUT2D eigenvalue weighted by atomic mass is 10.2. The number of imide groups is 1. The summed E-state index contributed by atoms with van der Waals surface area (Å²) in [5, 5.41) is 1.79. The van der Waals surface area contributed by atoms with Crippen molar-refractivity contribution in [1.29, 1.82) is 0 Å². The molecular weight excluding hydrogens is 340 g/mol. The highest BCUT2D eigenvalue weighted by Gasteiger charge is 2.22. The van der Waals surface area contributed by atoms with E-state index in [0.29, 0.717) is 10.3 Å². The van der Waals surface area contributed by atoms with E-state index >= 15 is 0 Å². The maximum absolute atomic E-state index is 11.6.